The molecule has 1 fully saturated rings. The lowest BCUT2D eigenvalue weighted by Crippen LogP contribution is -2.44. The second kappa shape index (κ2) is 9.54. The van der Waals surface area contributed by atoms with Crippen LogP contribution in [-0.2, 0) is 34.5 Å². The van der Waals surface area contributed by atoms with Crippen LogP contribution >= 0.6 is 11.8 Å². The first-order valence-corrected chi connectivity index (χ1v) is 12.5. The number of hydrogen-bond donors (Lipinski definition) is 2. The van der Waals surface area contributed by atoms with E-state index in [-0.39, 0.29) is 18.4 Å². The Kier molecular flexibility index (Phi) is 6.73. The van der Waals surface area contributed by atoms with Gasteiger partial charge in [-0.05, 0) is 42.6 Å². The number of imide groups is 1. The number of nitrogens with one attached hydrogen (secondary N) is 2. The van der Waals surface area contributed by atoms with Gasteiger partial charge in [-0.1, -0.05) is 49.9 Å². The summed E-state index contributed by atoms with van der Waals surface area (Å²) in [5.74, 6) is 0.678. The quantitative estimate of drug-likeness (QED) is 0.330. The molecular formula is C23H30N6O3S. The van der Waals surface area contributed by atoms with E-state index in [0.29, 0.717) is 31.7 Å². The highest BCUT2D eigenvalue weighted by Gasteiger charge is 2.55. The van der Waals surface area contributed by atoms with Crippen LogP contribution in [0.1, 0.15) is 43.6 Å². The number of aryl methyl sites for hydroxylation is 2. The van der Waals surface area contributed by atoms with Gasteiger partial charge in [0.25, 0.3) is 5.91 Å². The Morgan fingerprint density at radius 1 is 1.27 bits per heavy atom. The van der Waals surface area contributed by atoms with E-state index in [1.807, 2.05) is 30.5 Å². The van der Waals surface area contributed by atoms with Gasteiger partial charge in [-0.25, -0.2) is 4.79 Å². The fraction of sp³-hybridized carbons (Fsp3) is 0.522. The first-order valence-electron chi connectivity index (χ1n) is 11.3. The van der Waals surface area contributed by atoms with Gasteiger partial charge in [0, 0.05) is 19.5 Å². The lowest BCUT2D eigenvalue weighted by Gasteiger charge is -2.22. The molecule has 4 amide bonds. The molecule has 1 spiro atoms. The van der Waals surface area contributed by atoms with Crippen molar-refractivity contribution in [3.63, 3.8) is 0 Å². The predicted octanol–water partition coefficient (Wildman–Crippen LogP) is 2.10. The molecule has 0 bridgehead atoms. The number of urea groups is 1. The largest absolute Gasteiger partial charge is 0.355 e. The first-order chi connectivity index (χ1) is 15.9. The van der Waals surface area contributed by atoms with E-state index in [0.717, 1.165) is 40.0 Å². The van der Waals surface area contributed by atoms with Crippen molar-refractivity contribution in [2.24, 2.45) is 5.92 Å². The highest BCUT2D eigenvalue weighted by atomic mass is 32.2. The van der Waals surface area contributed by atoms with E-state index in [9.17, 15) is 14.4 Å². The molecule has 176 valence electrons. The third-order valence-corrected chi connectivity index (χ3v) is 6.81. The van der Waals surface area contributed by atoms with Gasteiger partial charge in [0.15, 0.2) is 5.16 Å². The smallest absolute Gasteiger partial charge is 0.325 e. The molecule has 1 aromatic heterocycles. The summed E-state index contributed by atoms with van der Waals surface area (Å²) in [7, 11) is 0. The summed E-state index contributed by atoms with van der Waals surface area (Å²) in [4.78, 5) is 39.2. The number of thioether (sulfide) groups is 1. The molecule has 0 radical (unpaired) electrons. The SMILES string of the molecule is CSc1nnc(CCCNC(=O)CN2C(=O)NC3(CCc4ccccc43)C2=O)n1CC(C)C. The van der Waals surface area contributed by atoms with E-state index in [4.69, 9.17) is 0 Å². The molecular weight excluding hydrogens is 440 g/mol. The molecule has 1 aliphatic heterocycles. The molecule has 9 nitrogen and oxygen atoms in total. The van der Waals surface area contributed by atoms with Crippen LogP contribution in [0.4, 0.5) is 4.79 Å². The van der Waals surface area contributed by atoms with Crippen molar-refractivity contribution < 1.29 is 14.4 Å². The maximum atomic E-state index is 13.2. The Morgan fingerprint density at radius 2 is 2.06 bits per heavy atom. The molecule has 1 saturated heterocycles. The summed E-state index contributed by atoms with van der Waals surface area (Å²) in [6.07, 6.45) is 4.60. The van der Waals surface area contributed by atoms with Crippen LogP contribution in [0, 0.1) is 5.92 Å². The second-order valence-corrected chi connectivity index (χ2v) is 9.72. The summed E-state index contributed by atoms with van der Waals surface area (Å²) in [6, 6.07) is 7.13. The molecule has 33 heavy (non-hydrogen) atoms. The predicted molar refractivity (Wildman–Crippen MR) is 125 cm³/mol. The van der Waals surface area contributed by atoms with Crippen LogP contribution in [0.3, 0.4) is 0 Å². The fourth-order valence-electron chi connectivity index (χ4n) is 4.61. The Labute approximate surface area is 197 Å². The Balaban J connectivity index is 1.30. The van der Waals surface area contributed by atoms with Crippen LogP contribution in [0.2, 0.25) is 0 Å². The van der Waals surface area contributed by atoms with Crippen molar-refractivity contribution in [3.8, 4) is 0 Å². The average molecular weight is 471 g/mol. The van der Waals surface area contributed by atoms with Gasteiger partial charge in [-0.2, -0.15) is 0 Å². The standard InChI is InChI=1S/C23H30N6O3S/c1-15(2)13-28-18(26-27-22(28)33-3)9-6-12-24-19(30)14-29-20(31)23(25-21(29)32)11-10-16-7-4-5-8-17(16)23/h4-5,7-8,15H,6,9-14H2,1-3H3,(H,24,30)(H,25,32). The molecule has 1 aromatic carbocycles. The van der Waals surface area contributed by atoms with Gasteiger partial charge in [0.1, 0.15) is 17.9 Å². The van der Waals surface area contributed by atoms with Crippen LogP contribution in [-0.4, -0.2) is 56.9 Å². The van der Waals surface area contributed by atoms with Crippen molar-refractivity contribution in [2.45, 2.75) is 56.8 Å². The molecule has 1 unspecified atom stereocenters. The maximum absolute atomic E-state index is 13.2. The van der Waals surface area contributed by atoms with Crippen molar-refractivity contribution in [3.05, 3.63) is 41.2 Å². The normalized spacial score (nSPS) is 19.5. The van der Waals surface area contributed by atoms with Gasteiger partial charge in [-0.15, -0.1) is 10.2 Å². The maximum Gasteiger partial charge on any atom is 0.325 e. The number of nitrogens with zero attached hydrogens (tertiary/aromatic N) is 4. The number of amides is 4. The monoisotopic (exact) mass is 470 g/mol. The summed E-state index contributed by atoms with van der Waals surface area (Å²) in [5.41, 5.74) is 0.859. The summed E-state index contributed by atoms with van der Waals surface area (Å²) in [6.45, 7) is 5.30. The van der Waals surface area contributed by atoms with E-state index in [2.05, 4.69) is 39.2 Å². The molecule has 1 atom stereocenters. The van der Waals surface area contributed by atoms with E-state index in [1.165, 1.54) is 0 Å². The molecule has 1 aliphatic carbocycles. The van der Waals surface area contributed by atoms with Crippen molar-refractivity contribution in [2.75, 3.05) is 19.3 Å². The Hall–Kier alpha value is -2.88. The van der Waals surface area contributed by atoms with Crippen LogP contribution in [0.15, 0.2) is 29.4 Å². The lowest BCUT2D eigenvalue weighted by atomic mass is 9.92. The highest BCUT2D eigenvalue weighted by molar-refractivity contribution is 7.98. The van der Waals surface area contributed by atoms with Crippen LogP contribution < -0.4 is 10.6 Å². The second-order valence-electron chi connectivity index (χ2n) is 8.94. The zero-order valence-electron chi connectivity index (χ0n) is 19.3. The summed E-state index contributed by atoms with van der Waals surface area (Å²) in [5, 5.41) is 15.1. The Bertz CT molecular complexity index is 1070. The minimum atomic E-state index is -1.04. The van der Waals surface area contributed by atoms with Gasteiger partial charge in [0.05, 0.1) is 0 Å². The molecule has 2 aliphatic rings. The van der Waals surface area contributed by atoms with Crippen molar-refractivity contribution >= 4 is 29.6 Å². The topological polar surface area (TPSA) is 109 Å². The number of hydrogen-bond acceptors (Lipinski definition) is 6. The number of rotatable bonds is 9. The number of benzene rings is 1. The van der Waals surface area contributed by atoms with Crippen LogP contribution in [0.5, 0.6) is 0 Å². The number of fused-ring (bicyclic) bond motifs is 2. The zero-order chi connectivity index (χ0) is 23.6. The number of carbonyl (C=O) groups is 3. The summed E-state index contributed by atoms with van der Waals surface area (Å²) >= 11 is 1.57. The van der Waals surface area contributed by atoms with Crippen molar-refractivity contribution in [1.82, 2.24) is 30.3 Å². The van der Waals surface area contributed by atoms with E-state index in [1.54, 1.807) is 11.8 Å². The van der Waals surface area contributed by atoms with Gasteiger partial charge < -0.3 is 15.2 Å². The fourth-order valence-corrected chi connectivity index (χ4v) is 5.13. The molecule has 0 saturated carbocycles. The number of carbonyl (C=O) groups excluding carboxylic acids is 3. The van der Waals surface area contributed by atoms with Crippen LogP contribution in [0.25, 0.3) is 0 Å². The van der Waals surface area contributed by atoms with Gasteiger partial charge in [-0.3, -0.25) is 14.5 Å². The number of aromatic nitrogens is 3. The third kappa shape index (κ3) is 4.48. The third-order valence-electron chi connectivity index (χ3n) is 6.15. The zero-order valence-corrected chi connectivity index (χ0v) is 20.1. The van der Waals surface area contributed by atoms with Gasteiger partial charge in [0.2, 0.25) is 5.91 Å². The molecule has 10 heteroatoms. The molecule has 2 aromatic rings. The molecule has 2 heterocycles. The minimum Gasteiger partial charge on any atom is -0.355 e. The Morgan fingerprint density at radius 3 is 2.82 bits per heavy atom. The lowest BCUT2D eigenvalue weighted by molar-refractivity contribution is -0.135. The summed E-state index contributed by atoms with van der Waals surface area (Å²) < 4.78 is 2.13. The average Bonchev–Trinajstić information content (AvgIpc) is 3.42. The minimum absolute atomic E-state index is 0.283. The first kappa shape index (κ1) is 23.3. The highest BCUT2D eigenvalue weighted by Crippen LogP contribution is 2.41. The van der Waals surface area contributed by atoms with E-state index < -0.39 is 11.6 Å². The molecule has 2 N–H and O–H groups in total. The van der Waals surface area contributed by atoms with Gasteiger partial charge >= 0.3 is 6.03 Å². The van der Waals surface area contributed by atoms with Crippen molar-refractivity contribution in [1.29, 1.82) is 0 Å². The molecule has 4 rings (SSSR count). The van der Waals surface area contributed by atoms with E-state index >= 15 is 0 Å².